The maximum absolute atomic E-state index is 12.9. The summed E-state index contributed by atoms with van der Waals surface area (Å²) in [5.74, 6) is 0.0348. The number of rotatable bonds is 7. The molecule has 2 amide bonds. The van der Waals surface area contributed by atoms with Crippen molar-refractivity contribution in [2.45, 2.75) is 12.8 Å². The lowest BCUT2D eigenvalue weighted by Gasteiger charge is -2.31. The zero-order valence-corrected chi connectivity index (χ0v) is 16.3. The second-order valence-corrected chi connectivity index (χ2v) is 6.92. The number of hydrogen-bond donors (Lipinski definition) is 1. The Hall–Kier alpha value is -3.35. The molecule has 0 aliphatic carbocycles. The molecule has 0 unspecified atom stereocenters. The summed E-state index contributed by atoms with van der Waals surface area (Å²) in [5.41, 5.74) is 6.26. The van der Waals surface area contributed by atoms with Crippen LogP contribution in [0.1, 0.15) is 33.6 Å². The number of amides is 2. The number of nitrogens with zero attached hydrogens (tertiary/aromatic N) is 1. The van der Waals surface area contributed by atoms with Crippen LogP contribution in [0.3, 0.4) is 0 Å². The van der Waals surface area contributed by atoms with Gasteiger partial charge in [0.05, 0.1) is 7.11 Å². The Morgan fingerprint density at radius 2 is 1.69 bits per heavy atom. The Bertz CT molecular complexity index is 889. The minimum absolute atomic E-state index is 0.0689. The smallest absolute Gasteiger partial charge is 0.255 e. The first kappa shape index (κ1) is 20.4. The van der Waals surface area contributed by atoms with Crippen molar-refractivity contribution in [2.75, 3.05) is 26.8 Å². The standard InChI is InChI=1S/C22H24N2O5/c1-28-19-13-17(7-8-18(19)29-14-20(23)25)22(27)24-11-9-16(10-12-24)21(26)15-5-3-2-4-6-15/h2-8,13,16H,9-12,14H2,1H3,(H2,23,25). The van der Waals surface area contributed by atoms with Crippen LogP contribution in [-0.2, 0) is 4.79 Å². The largest absolute Gasteiger partial charge is 0.493 e. The van der Waals surface area contributed by atoms with Gasteiger partial charge in [-0.3, -0.25) is 14.4 Å². The van der Waals surface area contributed by atoms with Gasteiger partial charge in [-0.2, -0.15) is 0 Å². The Morgan fingerprint density at radius 3 is 2.31 bits per heavy atom. The molecule has 0 atom stereocenters. The van der Waals surface area contributed by atoms with E-state index in [2.05, 4.69) is 0 Å². The van der Waals surface area contributed by atoms with Crippen LogP contribution >= 0.6 is 0 Å². The van der Waals surface area contributed by atoms with Gasteiger partial charge in [-0.25, -0.2) is 0 Å². The van der Waals surface area contributed by atoms with Gasteiger partial charge in [-0.05, 0) is 31.0 Å². The van der Waals surface area contributed by atoms with Gasteiger partial charge in [0.2, 0.25) is 0 Å². The van der Waals surface area contributed by atoms with E-state index in [0.29, 0.717) is 48.6 Å². The zero-order valence-electron chi connectivity index (χ0n) is 16.3. The minimum Gasteiger partial charge on any atom is -0.493 e. The number of nitrogens with two attached hydrogens (primary N) is 1. The van der Waals surface area contributed by atoms with Crippen LogP contribution in [0.2, 0.25) is 0 Å². The summed E-state index contributed by atoms with van der Waals surface area (Å²) in [6, 6.07) is 14.0. The summed E-state index contributed by atoms with van der Waals surface area (Å²) in [5, 5.41) is 0. The lowest BCUT2D eigenvalue weighted by molar-refractivity contribution is -0.119. The number of piperidine rings is 1. The summed E-state index contributed by atoms with van der Waals surface area (Å²) >= 11 is 0. The topological polar surface area (TPSA) is 98.9 Å². The number of ether oxygens (including phenoxy) is 2. The van der Waals surface area contributed by atoms with Gasteiger partial charge in [-0.1, -0.05) is 30.3 Å². The molecular weight excluding hydrogens is 372 g/mol. The maximum atomic E-state index is 12.9. The van der Waals surface area contributed by atoms with Crippen molar-refractivity contribution in [3.8, 4) is 11.5 Å². The van der Waals surface area contributed by atoms with E-state index >= 15 is 0 Å². The molecule has 2 N–H and O–H groups in total. The van der Waals surface area contributed by atoms with Crippen LogP contribution in [0.15, 0.2) is 48.5 Å². The molecule has 29 heavy (non-hydrogen) atoms. The minimum atomic E-state index is -0.597. The van der Waals surface area contributed by atoms with Crippen molar-refractivity contribution in [3.63, 3.8) is 0 Å². The monoisotopic (exact) mass is 396 g/mol. The third kappa shape index (κ3) is 4.93. The summed E-state index contributed by atoms with van der Waals surface area (Å²) in [6.45, 7) is 0.765. The van der Waals surface area contributed by atoms with Gasteiger partial charge in [0.1, 0.15) is 0 Å². The number of benzene rings is 2. The lowest BCUT2D eigenvalue weighted by Crippen LogP contribution is -2.40. The fourth-order valence-corrected chi connectivity index (χ4v) is 3.43. The predicted octanol–water partition coefficient (Wildman–Crippen LogP) is 2.29. The van der Waals surface area contributed by atoms with Crippen molar-refractivity contribution in [1.82, 2.24) is 4.90 Å². The third-order valence-corrected chi connectivity index (χ3v) is 4.99. The molecule has 0 aromatic heterocycles. The molecule has 0 bridgehead atoms. The number of primary amides is 1. The van der Waals surface area contributed by atoms with E-state index in [1.165, 1.54) is 7.11 Å². The van der Waals surface area contributed by atoms with Gasteiger partial charge in [0.25, 0.3) is 11.8 Å². The van der Waals surface area contributed by atoms with Crippen molar-refractivity contribution in [3.05, 3.63) is 59.7 Å². The van der Waals surface area contributed by atoms with Crippen molar-refractivity contribution < 1.29 is 23.9 Å². The second-order valence-electron chi connectivity index (χ2n) is 6.92. The molecule has 7 heteroatoms. The Balaban J connectivity index is 1.63. The molecule has 0 spiro atoms. The number of ketones is 1. The van der Waals surface area contributed by atoms with Crippen LogP contribution in [0.5, 0.6) is 11.5 Å². The molecule has 1 fully saturated rings. The second kappa shape index (κ2) is 9.23. The molecule has 0 saturated carbocycles. The number of likely N-dealkylation sites (tertiary alicyclic amines) is 1. The maximum Gasteiger partial charge on any atom is 0.255 e. The van der Waals surface area contributed by atoms with E-state index in [0.717, 1.165) is 0 Å². The average Bonchev–Trinajstić information content (AvgIpc) is 2.77. The number of carbonyl (C=O) groups excluding carboxylic acids is 3. The van der Waals surface area contributed by atoms with E-state index in [4.69, 9.17) is 15.2 Å². The molecule has 0 radical (unpaired) electrons. The average molecular weight is 396 g/mol. The highest BCUT2D eigenvalue weighted by atomic mass is 16.5. The van der Waals surface area contributed by atoms with Crippen LogP contribution in [-0.4, -0.2) is 49.3 Å². The van der Waals surface area contributed by atoms with Gasteiger partial charge < -0.3 is 20.1 Å². The molecule has 1 aliphatic rings. The first-order valence-electron chi connectivity index (χ1n) is 9.47. The quantitative estimate of drug-likeness (QED) is 0.724. The molecule has 2 aromatic rings. The van der Waals surface area contributed by atoms with Gasteiger partial charge in [0, 0.05) is 30.1 Å². The van der Waals surface area contributed by atoms with E-state index in [1.54, 1.807) is 23.1 Å². The van der Waals surface area contributed by atoms with Crippen LogP contribution in [0, 0.1) is 5.92 Å². The van der Waals surface area contributed by atoms with Gasteiger partial charge in [-0.15, -0.1) is 0 Å². The normalized spacial score (nSPS) is 14.3. The highest BCUT2D eigenvalue weighted by Crippen LogP contribution is 2.29. The van der Waals surface area contributed by atoms with Crippen molar-refractivity contribution in [2.24, 2.45) is 11.7 Å². The fraction of sp³-hybridized carbons (Fsp3) is 0.318. The molecule has 3 rings (SSSR count). The highest BCUT2D eigenvalue weighted by molar-refractivity contribution is 5.98. The van der Waals surface area contributed by atoms with Crippen LogP contribution in [0.25, 0.3) is 0 Å². The van der Waals surface area contributed by atoms with Crippen LogP contribution < -0.4 is 15.2 Å². The van der Waals surface area contributed by atoms with Crippen molar-refractivity contribution in [1.29, 1.82) is 0 Å². The van der Waals surface area contributed by atoms with Crippen molar-refractivity contribution >= 4 is 17.6 Å². The molecule has 152 valence electrons. The van der Waals surface area contributed by atoms with E-state index in [9.17, 15) is 14.4 Å². The lowest BCUT2D eigenvalue weighted by atomic mass is 9.88. The van der Waals surface area contributed by atoms with E-state index < -0.39 is 5.91 Å². The zero-order chi connectivity index (χ0) is 20.8. The number of Topliss-reactive ketones (excluding diaryl/α,β-unsaturated/α-hetero) is 1. The fourth-order valence-electron chi connectivity index (χ4n) is 3.43. The van der Waals surface area contributed by atoms with Gasteiger partial charge in [0.15, 0.2) is 23.9 Å². The number of methoxy groups -OCH3 is 1. The Morgan fingerprint density at radius 1 is 1.00 bits per heavy atom. The number of carbonyl (C=O) groups is 3. The van der Waals surface area contributed by atoms with Crippen LogP contribution in [0.4, 0.5) is 0 Å². The Kier molecular flexibility index (Phi) is 6.49. The molecule has 1 heterocycles. The summed E-state index contributed by atoms with van der Waals surface area (Å²) in [4.78, 5) is 38.1. The first-order valence-corrected chi connectivity index (χ1v) is 9.47. The third-order valence-electron chi connectivity index (χ3n) is 4.99. The Labute approximate surface area is 169 Å². The molecule has 7 nitrogen and oxygen atoms in total. The summed E-state index contributed by atoms with van der Waals surface area (Å²) < 4.78 is 10.6. The van der Waals surface area contributed by atoms with Gasteiger partial charge >= 0.3 is 0 Å². The van der Waals surface area contributed by atoms with E-state index in [1.807, 2.05) is 30.3 Å². The number of hydrogen-bond acceptors (Lipinski definition) is 5. The molecule has 1 aliphatic heterocycles. The summed E-state index contributed by atoms with van der Waals surface area (Å²) in [7, 11) is 1.46. The molecule has 2 aromatic carbocycles. The van der Waals surface area contributed by atoms with E-state index in [-0.39, 0.29) is 24.2 Å². The molecular formula is C22H24N2O5. The molecule has 1 saturated heterocycles. The SMILES string of the molecule is COc1cc(C(=O)N2CCC(C(=O)c3ccccc3)CC2)ccc1OCC(N)=O. The first-order chi connectivity index (χ1) is 14.0. The summed E-state index contributed by atoms with van der Waals surface area (Å²) in [6.07, 6.45) is 1.27. The predicted molar refractivity (Wildman–Crippen MR) is 107 cm³/mol. The highest BCUT2D eigenvalue weighted by Gasteiger charge is 2.28.